The van der Waals surface area contributed by atoms with E-state index in [1.165, 1.54) is 11.4 Å². The van der Waals surface area contributed by atoms with Crippen LogP contribution < -0.4 is 4.74 Å². The van der Waals surface area contributed by atoms with Gasteiger partial charge < -0.3 is 9.53 Å². The second-order valence-corrected chi connectivity index (χ2v) is 6.96. The minimum absolute atomic E-state index is 0.173. The van der Waals surface area contributed by atoms with Gasteiger partial charge in [-0.2, -0.15) is 4.31 Å². The Bertz CT molecular complexity index is 597. The topological polar surface area (TPSA) is 63.7 Å². The molecule has 1 saturated heterocycles. The molecule has 2 rings (SSSR count). The van der Waals surface area contributed by atoms with Crippen molar-refractivity contribution in [3.63, 3.8) is 0 Å². The van der Waals surface area contributed by atoms with Crippen LogP contribution in [0.15, 0.2) is 23.1 Å². The van der Waals surface area contributed by atoms with Gasteiger partial charge >= 0.3 is 0 Å². The fourth-order valence-corrected chi connectivity index (χ4v) is 4.20. The summed E-state index contributed by atoms with van der Waals surface area (Å²) in [6.07, 6.45) is 2.30. The number of aryl methyl sites for hydroxylation is 1. The molecule has 1 unspecified atom stereocenters. The lowest BCUT2D eigenvalue weighted by Crippen LogP contribution is -2.40. The highest BCUT2D eigenvalue weighted by Gasteiger charge is 2.32. The number of methoxy groups -OCH3 is 1. The Morgan fingerprint density at radius 3 is 2.80 bits per heavy atom. The number of rotatable bonds is 4. The van der Waals surface area contributed by atoms with Crippen LogP contribution in [0.1, 0.15) is 18.4 Å². The largest absolute Gasteiger partial charge is 0.495 e. The molecule has 1 aromatic rings. The van der Waals surface area contributed by atoms with E-state index in [4.69, 9.17) is 4.74 Å². The highest BCUT2D eigenvalue weighted by Crippen LogP contribution is 2.30. The Labute approximate surface area is 119 Å². The summed E-state index contributed by atoms with van der Waals surface area (Å²) in [5.74, 6) is 0.123. The summed E-state index contributed by atoms with van der Waals surface area (Å²) in [6.45, 7) is 2.54. The molecule has 0 saturated carbocycles. The molecule has 6 heteroatoms. The minimum atomic E-state index is -3.62. The van der Waals surface area contributed by atoms with E-state index in [9.17, 15) is 13.2 Å². The van der Waals surface area contributed by atoms with Gasteiger partial charge in [0.25, 0.3) is 0 Å². The van der Waals surface area contributed by atoms with Crippen molar-refractivity contribution < 1.29 is 17.9 Å². The average Bonchev–Trinajstić information content (AvgIpc) is 2.47. The maximum atomic E-state index is 12.7. The molecule has 110 valence electrons. The molecule has 0 N–H and O–H groups in total. The van der Waals surface area contributed by atoms with Gasteiger partial charge in [-0.1, -0.05) is 6.07 Å². The van der Waals surface area contributed by atoms with Crippen LogP contribution in [-0.2, 0) is 14.8 Å². The van der Waals surface area contributed by atoms with Crippen molar-refractivity contribution in [2.24, 2.45) is 5.92 Å². The molecule has 1 aliphatic rings. The molecular weight excluding hydrogens is 278 g/mol. The van der Waals surface area contributed by atoms with Crippen LogP contribution in [0.3, 0.4) is 0 Å². The van der Waals surface area contributed by atoms with Crippen LogP contribution in [0.2, 0.25) is 0 Å². The van der Waals surface area contributed by atoms with E-state index in [1.807, 2.05) is 13.0 Å². The first-order chi connectivity index (χ1) is 9.48. The van der Waals surface area contributed by atoms with E-state index >= 15 is 0 Å². The number of carbonyl (C=O) groups excluding carboxylic acids is 1. The highest BCUT2D eigenvalue weighted by molar-refractivity contribution is 7.89. The van der Waals surface area contributed by atoms with Gasteiger partial charge in [-0.15, -0.1) is 0 Å². The van der Waals surface area contributed by atoms with Crippen molar-refractivity contribution in [3.05, 3.63) is 23.8 Å². The van der Waals surface area contributed by atoms with E-state index in [-0.39, 0.29) is 17.4 Å². The molecule has 1 aliphatic heterocycles. The maximum Gasteiger partial charge on any atom is 0.246 e. The zero-order valence-electron chi connectivity index (χ0n) is 11.7. The first-order valence-corrected chi connectivity index (χ1v) is 8.03. The third kappa shape index (κ3) is 2.86. The number of carbonyl (C=O) groups is 1. The Morgan fingerprint density at radius 1 is 1.40 bits per heavy atom. The summed E-state index contributed by atoms with van der Waals surface area (Å²) in [5, 5.41) is 0. The second kappa shape index (κ2) is 5.93. The predicted octanol–water partition coefficient (Wildman–Crippen LogP) is 1.60. The highest BCUT2D eigenvalue weighted by atomic mass is 32.2. The molecule has 0 spiro atoms. The van der Waals surface area contributed by atoms with Gasteiger partial charge in [-0.25, -0.2) is 8.42 Å². The molecule has 0 aliphatic carbocycles. The first-order valence-electron chi connectivity index (χ1n) is 6.59. The first kappa shape index (κ1) is 15.0. The second-order valence-electron chi connectivity index (χ2n) is 5.06. The Hall–Kier alpha value is -1.40. The summed E-state index contributed by atoms with van der Waals surface area (Å²) < 4.78 is 32.0. The van der Waals surface area contributed by atoms with Crippen LogP contribution in [0, 0.1) is 12.8 Å². The molecule has 0 amide bonds. The summed E-state index contributed by atoms with van der Waals surface area (Å²) in [7, 11) is -2.17. The quantitative estimate of drug-likeness (QED) is 0.792. The van der Waals surface area contributed by atoms with Crippen molar-refractivity contribution in [2.75, 3.05) is 20.2 Å². The van der Waals surface area contributed by atoms with E-state index < -0.39 is 10.0 Å². The molecular formula is C14H19NO4S. The zero-order valence-corrected chi connectivity index (χ0v) is 12.5. The fraction of sp³-hybridized carbons (Fsp3) is 0.500. The molecule has 0 radical (unpaired) electrons. The van der Waals surface area contributed by atoms with Crippen molar-refractivity contribution in [1.29, 1.82) is 0 Å². The molecule has 1 atom stereocenters. The smallest absolute Gasteiger partial charge is 0.246 e. The summed E-state index contributed by atoms with van der Waals surface area (Å²) in [5.41, 5.74) is 0.855. The van der Waals surface area contributed by atoms with Gasteiger partial charge in [-0.05, 0) is 37.5 Å². The van der Waals surface area contributed by atoms with Crippen molar-refractivity contribution in [2.45, 2.75) is 24.7 Å². The van der Waals surface area contributed by atoms with E-state index in [1.54, 1.807) is 12.1 Å². The van der Waals surface area contributed by atoms with Crippen LogP contribution in [0.5, 0.6) is 5.75 Å². The zero-order chi connectivity index (χ0) is 14.8. The molecule has 0 bridgehead atoms. The lowest BCUT2D eigenvalue weighted by atomic mass is 10.0. The third-order valence-corrected chi connectivity index (χ3v) is 5.44. The molecule has 20 heavy (non-hydrogen) atoms. The molecule has 0 aromatic heterocycles. The molecule has 1 aromatic carbocycles. The maximum absolute atomic E-state index is 12.7. The van der Waals surface area contributed by atoms with Gasteiger partial charge in [0.2, 0.25) is 10.0 Å². The molecule has 5 nitrogen and oxygen atoms in total. The lowest BCUT2D eigenvalue weighted by molar-refractivity contribution is -0.112. The number of hydrogen-bond acceptors (Lipinski definition) is 4. The minimum Gasteiger partial charge on any atom is -0.495 e. The third-order valence-electron chi connectivity index (χ3n) is 3.55. The number of sulfonamides is 1. The van der Waals surface area contributed by atoms with Gasteiger partial charge in [0.05, 0.1) is 7.11 Å². The van der Waals surface area contributed by atoms with Gasteiger partial charge in [-0.3, -0.25) is 0 Å². The summed E-state index contributed by atoms with van der Waals surface area (Å²) >= 11 is 0. The van der Waals surface area contributed by atoms with Crippen molar-refractivity contribution >= 4 is 16.3 Å². The Balaban J connectivity index is 2.39. The van der Waals surface area contributed by atoms with Crippen LogP contribution in [-0.4, -0.2) is 39.2 Å². The summed E-state index contributed by atoms with van der Waals surface area (Å²) in [6, 6.07) is 5.07. The Kier molecular flexibility index (Phi) is 4.45. The normalized spacial score (nSPS) is 20.6. The lowest BCUT2D eigenvalue weighted by Gasteiger charge is -2.29. The van der Waals surface area contributed by atoms with E-state index in [0.717, 1.165) is 18.3 Å². The molecule has 1 fully saturated rings. The van der Waals surface area contributed by atoms with Gasteiger partial charge in [0.1, 0.15) is 16.9 Å². The van der Waals surface area contributed by atoms with Crippen molar-refractivity contribution in [3.8, 4) is 5.75 Å². The SMILES string of the molecule is COc1ccc(C)cc1S(=O)(=O)N1CCCC(C=O)C1. The van der Waals surface area contributed by atoms with Gasteiger partial charge in [0, 0.05) is 19.0 Å². The van der Waals surface area contributed by atoms with Gasteiger partial charge in [0.15, 0.2) is 0 Å². The van der Waals surface area contributed by atoms with Crippen molar-refractivity contribution in [1.82, 2.24) is 4.31 Å². The monoisotopic (exact) mass is 297 g/mol. The van der Waals surface area contributed by atoms with E-state index in [2.05, 4.69) is 0 Å². The fourth-order valence-electron chi connectivity index (χ4n) is 2.43. The number of nitrogens with zero attached hydrogens (tertiary/aromatic N) is 1. The number of benzene rings is 1. The number of hydrogen-bond donors (Lipinski definition) is 0. The number of piperidine rings is 1. The number of ether oxygens (including phenoxy) is 1. The number of aldehydes is 1. The Morgan fingerprint density at radius 2 is 2.15 bits per heavy atom. The predicted molar refractivity (Wildman–Crippen MR) is 75.3 cm³/mol. The molecule has 1 heterocycles. The average molecular weight is 297 g/mol. The van der Waals surface area contributed by atoms with E-state index in [0.29, 0.717) is 18.7 Å². The van der Waals surface area contributed by atoms with Crippen LogP contribution in [0.25, 0.3) is 0 Å². The van der Waals surface area contributed by atoms with Crippen LogP contribution in [0.4, 0.5) is 0 Å². The standard InChI is InChI=1S/C14H19NO4S/c1-11-5-6-13(19-2)14(8-11)20(17,18)15-7-3-4-12(9-15)10-16/h5-6,8,10,12H,3-4,7,9H2,1-2H3. The summed E-state index contributed by atoms with van der Waals surface area (Å²) in [4.78, 5) is 11.1. The van der Waals surface area contributed by atoms with Crippen LogP contribution >= 0.6 is 0 Å².